The largest absolute Gasteiger partial charge is 1.00 e. The minimum atomic E-state index is -0.504. The molecule has 0 aliphatic heterocycles. The SMILES string of the molecule is CCOC(=O)Nc1c[nH+]c(NCc2ccccc2)c(N)c1.[Cl-]. The van der Waals surface area contributed by atoms with Gasteiger partial charge in [-0.05, 0) is 18.6 Å². The third kappa shape index (κ3) is 5.14. The molecular weight excluding hydrogens is 304 g/mol. The van der Waals surface area contributed by atoms with Crippen molar-refractivity contribution in [2.24, 2.45) is 0 Å². The van der Waals surface area contributed by atoms with Gasteiger partial charge in [-0.1, -0.05) is 30.3 Å². The zero-order valence-corrected chi connectivity index (χ0v) is 13.0. The summed E-state index contributed by atoms with van der Waals surface area (Å²) in [5, 5.41) is 5.79. The standard InChI is InChI=1S/C15H18N4O2.ClH/c1-2-21-15(20)19-12-8-13(16)14(18-10-12)17-9-11-6-4-3-5-7-11;/h3-8,10H,2,9,16H2,1H3,(H,17,18)(H,19,20);1H. The summed E-state index contributed by atoms with van der Waals surface area (Å²) < 4.78 is 4.80. The molecule has 0 aliphatic carbocycles. The van der Waals surface area contributed by atoms with Gasteiger partial charge in [-0.25, -0.2) is 9.78 Å². The number of rotatable bonds is 5. The normalized spacial score (nSPS) is 9.50. The molecule has 0 bridgehead atoms. The lowest BCUT2D eigenvalue weighted by Crippen LogP contribution is -3.00. The van der Waals surface area contributed by atoms with E-state index >= 15 is 0 Å². The number of aromatic amines is 1. The minimum absolute atomic E-state index is 0. The number of hydrogen-bond donors (Lipinski definition) is 3. The predicted octanol–water partition coefficient (Wildman–Crippen LogP) is -0.733. The van der Waals surface area contributed by atoms with E-state index in [2.05, 4.69) is 15.6 Å². The van der Waals surface area contributed by atoms with Crippen molar-refractivity contribution in [2.75, 3.05) is 23.0 Å². The maximum absolute atomic E-state index is 11.3. The maximum Gasteiger partial charge on any atom is 0.411 e. The van der Waals surface area contributed by atoms with Crippen LogP contribution in [0.5, 0.6) is 0 Å². The Balaban J connectivity index is 0.00000242. The van der Waals surface area contributed by atoms with Crippen molar-refractivity contribution in [3.8, 4) is 0 Å². The van der Waals surface area contributed by atoms with Crippen LogP contribution in [0, 0.1) is 0 Å². The van der Waals surface area contributed by atoms with Crippen molar-refractivity contribution >= 4 is 23.3 Å². The Morgan fingerprint density at radius 1 is 1.32 bits per heavy atom. The Morgan fingerprint density at radius 3 is 2.68 bits per heavy atom. The fourth-order valence-corrected chi connectivity index (χ4v) is 1.81. The average Bonchev–Trinajstić information content (AvgIpc) is 2.48. The minimum Gasteiger partial charge on any atom is -1.00 e. The van der Waals surface area contributed by atoms with Crippen molar-refractivity contribution in [3.05, 3.63) is 48.2 Å². The summed E-state index contributed by atoms with van der Waals surface area (Å²) in [6, 6.07) is 11.7. The average molecular weight is 323 g/mol. The smallest absolute Gasteiger partial charge is 0.411 e. The number of pyridine rings is 1. The molecule has 118 valence electrons. The topological polar surface area (TPSA) is 90.5 Å². The number of nitrogens with two attached hydrogens (primary N) is 1. The van der Waals surface area contributed by atoms with E-state index in [1.807, 2.05) is 30.3 Å². The molecule has 0 radical (unpaired) electrons. The third-order valence-electron chi connectivity index (χ3n) is 2.81. The highest BCUT2D eigenvalue weighted by Gasteiger charge is 2.10. The summed E-state index contributed by atoms with van der Waals surface area (Å²) in [4.78, 5) is 14.3. The third-order valence-corrected chi connectivity index (χ3v) is 2.81. The second-order valence-corrected chi connectivity index (χ2v) is 4.40. The van der Waals surface area contributed by atoms with Gasteiger partial charge in [0.1, 0.15) is 18.4 Å². The van der Waals surface area contributed by atoms with Crippen molar-refractivity contribution in [1.82, 2.24) is 0 Å². The number of ether oxygens (including phenoxy) is 1. The Labute approximate surface area is 135 Å². The zero-order chi connectivity index (χ0) is 15.1. The van der Waals surface area contributed by atoms with E-state index in [1.165, 1.54) is 0 Å². The van der Waals surface area contributed by atoms with Crippen LogP contribution in [-0.4, -0.2) is 12.7 Å². The number of amides is 1. The number of halogens is 1. The van der Waals surface area contributed by atoms with E-state index in [1.54, 1.807) is 19.2 Å². The second kappa shape index (κ2) is 8.74. The Morgan fingerprint density at radius 2 is 2.05 bits per heavy atom. The van der Waals surface area contributed by atoms with Gasteiger partial charge in [0.15, 0.2) is 0 Å². The number of carbonyl (C=O) groups excluding carboxylic acids is 1. The van der Waals surface area contributed by atoms with Crippen molar-refractivity contribution in [3.63, 3.8) is 0 Å². The van der Waals surface area contributed by atoms with Gasteiger partial charge in [0.2, 0.25) is 0 Å². The summed E-state index contributed by atoms with van der Waals surface area (Å²) in [6.07, 6.45) is 1.15. The molecule has 0 fully saturated rings. The summed E-state index contributed by atoms with van der Waals surface area (Å²) in [7, 11) is 0. The number of hydrogen-bond acceptors (Lipinski definition) is 4. The Kier molecular flexibility index (Phi) is 6.98. The quantitative estimate of drug-likeness (QED) is 0.677. The number of nitrogen functional groups attached to an aromatic ring is 1. The summed E-state index contributed by atoms with van der Waals surface area (Å²) in [5.74, 6) is 0.702. The van der Waals surface area contributed by atoms with Gasteiger partial charge in [-0.15, -0.1) is 0 Å². The molecule has 0 aliphatic rings. The Bertz CT molecular complexity index is 608. The number of carbonyl (C=O) groups is 1. The molecule has 6 nitrogen and oxygen atoms in total. The second-order valence-electron chi connectivity index (χ2n) is 4.40. The van der Waals surface area contributed by atoms with Crippen LogP contribution in [0.2, 0.25) is 0 Å². The number of anilines is 3. The van der Waals surface area contributed by atoms with Crippen LogP contribution >= 0.6 is 0 Å². The first-order valence-corrected chi connectivity index (χ1v) is 6.72. The van der Waals surface area contributed by atoms with E-state index in [4.69, 9.17) is 10.5 Å². The molecule has 1 heterocycles. The molecule has 0 atom stereocenters. The van der Waals surface area contributed by atoms with E-state index in [0.717, 1.165) is 5.56 Å². The zero-order valence-electron chi connectivity index (χ0n) is 12.2. The van der Waals surface area contributed by atoms with Crippen molar-refractivity contribution < 1.29 is 26.9 Å². The highest BCUT2D eigenvalue weighted by atomic mass is 35.5. The first-order chi connectivity index (χ1) is 10.2. The maximum atomic E-state index is 11.3. The molecule has 2 rings (SSSR count). The molecule has 1 aromatic heterocycles. The summed E-state index contributed by atoms with van der Waals surface area (Å²) in [6.45, 7) is 2.73. The molecule has 2 aromatic rings. The van der Waals surface area contributed by atoms with Crippen LogP contribution in [-0.2, 0) is 11.3 Å². The molecule has 7 heteroatoms. The lowest BCUT2D eigenvalue weighted by molar-refractivity contribution is -0.359. The predicted molar refractivity (Wildman–Crippen MR) is 81.8 cm³/mol. The number of benzene rings is 1. The first-order valence-electron chi connectivity index (χ1n) is 6.72. The van der Waals surface area contributed by atoms with Crippen LogP contribution in [0.1, 0.15) is 12.5 Å². The molecule has 0 saturated carbocycles. The van der Waals surface area contributed by atoms with Gasteiger partial charge in [-0.3, -0.25) is 10.6 Å². The van der Waals surface area contributed by atoms with Gasteiger partial charge >= 0.3 is 6.09 Å². The first kappa shape index (κ1) is 17.6. The lowest BCUT2D eigenvalue weighted by atomic mass is 10.2. The van der Waals surface area contributed by atoms with Crippen LogP contribution in [0.15, 0.2) is 42.6 Å². The van der Waals surface area contributed by atoms with Crippen LogP contribution in [0.3, 0.4) is 0 Å². The lowest BCUT2D eigenvalue weighted by Gasteiger charge is -2.06. The van der Waals surface area contributed by atoms with E-state index in [0.29, 0.717) is 30.3 Å². The summed E-state index contributed by atoms with van der Waals surface area (Å²) >= 11 is 0. The number of H-pyrrole nitrogens is 1. The monoisotopic (exact) mass is 322 g/mol. The van der Waals surface area contributed by atoms with Gasteiger partial charge < -0.3 is 22.9 Å². The molecule has 1 aromatic carbocycles. The van der Waals surface area contributed by atoms with E-state index in [-0.39, 0.29) is 12.4 Å². The fourth-order valence-electron chi connectivity index (χ4n) is 1.81. The van der Waals surface area contributed by atoms with Crippen LogP contribution < -0.4 is 33.8 Å². The van der Waals surface area contributed by atoms with E-state index in [9.17, 15) is 4.79 Å². The molecule has 1 amide bonds. The summed E-state index contributed by atoms with van der Waals surface area (Å²) in [5.41, 5.74) is 8.17. The number of aromatic nitrogens is 1. The highest BCUT2D eigenvalue weighted by molar-refractivity contribution is 5.85. The van der Waals surface area contributed by atoms with Gasteiger partial charge in [0.25, 0.3) is 5.82 Å². The molecule has 5 N–H and O–H groups in total. The van der Waals surface area contributed by atoms with Crippen molar-refractivity contribution in [2.45, 2.75) is 13.5 Å². The molecule has 22 heavy (non-hydrogen) atoms. The van der Waals surface area contributed by atoms with E-state index < -0.39 is 6.09 Å². The molecule has 0 spiro atoms. The van der Waals surface area contributed by atoms with Gasteiger partial charge in [0, 0.05) is 0 Å². The van der Waals surface area contributed by atoms with Crippen molar-refractivity contribution in [1.29, 1.82) is 0 Å². The van der Waals surface area contributed by atoms with Gasteiger partial charge in [0.05, 0.1) is 12.3 Å². The fraction of sp³-hybridized carbons (Fsp3) is 0.200. The van der Waals surface area contributed by atoms with Gasteiger partial charge in [-0.2, -0.15) is 0 Å². The van der Waals surface area contributed by atoms with Crippen LogP contribution in [0.4, 0.5) is 22.0 Å². The van der Waals surface area contributed by atoms with Crippen LogP contribution in [0.25, 0.3) is 0 Å². The molecular formula is C15H19ClN4O2. The molecule has 0 unspecified atom stereocenters. The Hall–Kier alpha value is -2.47. The highest BCUT2D eigenvalue weighted by Crippen LogP contribution is 2.17. The number of nitrogens with one attached hydrogen (secondary N) is 3. The molecule has 0 saturated heterocycles.